The van der Waals surface area contributed by atoms with Crippen molar-refractivity contribution < 1.29 is 10.2 Å². The van der Waals surface area contributed by atoms with Crippen LogP contribution in [-0.4, -0.2) is 10.2 Å². The summed E-state index contributed by atoms with van der Waals surface area (Å²) in [5.74, 6) is -0.766. The zero-order chi connectivity index (χ0) is 4.99. The molecule has 0 aromatic rings. The molecule has 2 N–H and O–H groups in total. The fraction of sp³-hybridized carbons (Fsp3) is 0.250. The first-order valence-electron chi connectivity index (χ1n) is 1.56. The Kier molecular flexibility index (Phi) is 2.02. The van der Waals surface area contributed by atoms with Gasteiger partial charge in [0.2, 0.25) is 0 Å². The maximum Gasteiger partial charge on any atom is 0.322 e. The molecule has 0 aliphatic carbocycles. The van der Waals surface area contributed by atoms with Crippen molar-refractivity contribution in [2.75, 3.05) is 0 Å². The number of hydrogen-bond acceptors (Lipinski definition) is 2. The number of aliphatic hydroxyl groups is 2. The molecule has 0 saturated carbocycles. The molecule has 34 valence electrons. The lowest BCUT2D eigenvalue weighted by atomic mass is 10.7. The highest BCUT2D eigenvalue weighted by molar-refractivity contribution is 4.78. The summed E-state index contributed by atoms with van der Waals surface area (Å²) >= 11 is 0. The first-order chi connectivity index (χ1) is 2.77. The van der Waals surface area contributed by atoms with Gasteiger partial charge in [0.15, 0.2) is 0 Å². The fourth-order valence-corrected chi connectivity index (χ4v) is 0.129. The Hall–Kier alpha value is -0.880. The van der Waals surface area contributed by atoms with Crippen molar-refractivity contribution in [3.05, 3.63) is 17.8 Å². The zero-order valence-corrected chi connectivity index (χ0v) is 3.47. The molecule has 0 saturated heterocycles. The minimum absolute atomic E-state index is 0.766. The largest absolute Gasteiger partial charge is 0.475 e. The van der Waals surface area contributed by atoms with E-state index in [4.69, 9.17) is 10.2 Å². The SMILES string of the molecule is CC=C=C(O)O. The van der Waals surface area contributed by atoms with Crippen LogP contribution < -0.4 is 0 Å². The maximum absolute atomic E-state index is 7.88. The average molecular weight is 86.1 g/mol. The van der Waals surface area contributed by atoms with E-state index in [0.29, 0.717) is 0 Å². The third-order valence-electron chi connectivity index (χ3n) is 0.273. The molecule has 2 nitrogen and oxygen atoms in total. The lowest BCUT2D eigenvalue weighted by Gasteiger charge is -1.71. The predicted molar refractivity (Wildman–Crippen MR) is 22.5 cm³/mol. The zero-order valence-electron chi connectivity index (χ0n) is 3.47. The van der Waals surface area contributed by atoms with E-state index in [2.05, 4.69) is 5.73 Å². The molecule has 0 spiro atoms. The fourth-order valence-electron chi connectivity index (χ4n) is 0.129. The minimum atomic E-state index is -0.766. The molecular weight excluding hydrogens is 80.0 g/mol. The van der Waals surface area contributed by atoms with Crippen LogP contribution in [0, 0.1) is 0 Å². The summed E-state index contributed by atoms with van der Waals surface area (Å²) in [6.07, 6.45) is 1.41. The molecule has 0 aromatic heterocycles. The Balaban J connectivity index is 3.73. The molecule has 0 heterocycles. The van der Waals surface area contributed by atoms with Crippen LogP contribution in [0.2, 0.25) is 0 Å². The van der Waals surface area contributed by atoms with Gasteiger partial charge in [-0.15, -0.1) is 0 Å². The molecule has 0 fully saturated rings. The highest BCUT2D eigenvalue weighted by Crippen LogP contribution is 1.69. The van der Waals surface area contributed by atoms with Crippen molar-refractivity contribution in [1.82, 2.24) is 0 Å². The van der Waals surface area contributed by atoms with Gasteiger partial charge in [-0.3, -0.25) is 0 Å². The Labute approximate surface area is 36.0 Å². The summed E-state index contributed by atoms with van der Waals surface area (Å²) in [6.45, 7) is 1.65. The molecule has 0 aliphatic rings. The summed E-state index contributed by atoms with van der Waals surface area (Å²) < 4.78 is 0. The van der Waals surface area contributed by atoms with Crippen LogP contribution in [0.1, 0.15) is 6.92 Å². The third kappa shape index (κ3) is 3.12. The lowest BCUT2D eigenvalue weighted by molar-refractivity contribution is 0.192. The van der Waals surface area contributed by atoms with E-state index in [0.717, 1.165) is 0 Å². The molecule has 6 heavy (non-hydrogen) atoms. The molecule has 2 heteroatoms. The Morgan fingerprint density at radius 3 is 2.17 bits per heavy atom. The number of rotatable bonds is 0. The van der Waals surface area contributed by atoms with E-state index >= 15 is 0 Å². The Morgan fingerprint density at radius 2 is 2.17 bits per heavy atom. The van der Waals surface area contributed by atoms with Crippen LogP contribution in [0.25, 0.3) is 0 Å². The highest BCUT2D eigenvalue weighted by Gasteiger charge is 1.66. The van der Waals surface area contributed by atoms with Gasteiger partial charge in [-0.05, 0) is 18.7 Å². The Bertz CT molecular complexity index is 83.7. The van der Waals surface area contributed by atoms with Gasteiger partial charge in [-0.2, -0.15) is 0 Å². The van der Waals surface area contributed by atoms with Crippen LogP contribution in [0.4, 0.5) is 0 Å². The highest BCUT2D eigenvalue weighted by atomic mass is 16.5. The molecule has 0 bridgehead atoms. The van der Waals surface area contributed by atoms with Gasteiger partial charge in [0.1, 0.15) is 0 Å². The quantitative estimate of drug-likeness (QED) is 0.342. The summed E-state index contributed by atoms with van der Waals surface area (Å²) in [7, 11) is 0. The van der Waals surface area contributed by atoms with Crippen LogP contribution in [0.15, 0.2) is 17.8 Å². The van der Waals surface area contributed by atoms with Crippen LogP contribution in [0.3, 0.4) is 0 Å². The van der Waals surface area contributed by atoms with Crippen molar-refractivity contribution in [2.45, 2.75) is 6.92 Å². The second kappa shape index (κ2) is 2.36. The molecular formula is C4H6O2. The number of aliphatic hydroxyl groups excluding tert-OH is 1. The Morgan fingerprint density at radius 1 is 1.67 bits per heavy atom. The summed E-state index contributed by atoms with van der Waals surface area (Å²) in [6, 6.07) is 0. The van der Waals surface area contributed by atoms with Gasteiger partial charge in [-0.25, -0.2) is 0 Å². The standard InChI is InChI=1S/C4H6O2/c1-2-3-4(5)6/h2,5-6H,1H3. The molecule has 0 atom stereocenters. The first-order valence-corrected chi connectivity index (χ1v) is 1.56. The van der Waals surface area contributed by atoms with Crippen molar-refractivity contribution in [2.24, 2.45) is 0 Å². The topological polar surface area (TPSA) is 40.5 Å². The van der Waals surface area contributed by atoms with Gasteiger partial charge in [0.25, 0.3) is 0 Å². The third-order valence-corrected chi connectivity index (χ3v) is 0.273. The van der Waals surface area contributed by atoms with E-state index in [1.807, 2.05) is 0 Å². The van der Waals surface area contributed by atoms with Gasteiger partial charge >= 0.3 is 5.95 Å². The molecule has 0 aromatic carbocycles. The summed E-state index contributed by atoms with van der Waals surface area (Å²) in [5, 5.41) is 15.8. The van der Waals surface area contributed by atoms with Crippen LogP contribution in [-0.2, 0) is 0 Å². The van der Waals surface area contributed by atoms with Gasteiger partial charge in [0.05, 0.1) is 0 Å². The van der Waals surface area contributed by atoms with E-state index in [9.17, 15) is 0 Å². The first kappa shape index (κ1) is 5.12. The van der Waals surface area contributed by atoms with E-state index in [1.54, 1.807) is 6.92 Å². The van der Waals surface area contributed by atoms with Crippen molar-refractivity contribution in [3.8, 4) is 0 Å². The van der Waals surface area contributed by atoms with Crippen molar-refractivity contribution in [3.63, 3.8) is 0 Å². The summed E-state index contributed by atoms with van der Waals surface area (Å²) in [5.41, 5.74) is 2.11. The second-order valence-corrected chi connectivity index (χ2v) is 0.757. The molecule has 0 radical (unpaired) electrons. The normalized spacial score (nSPS) is 6.17. The number of hydrogen-bond donors (Lipinski definition) is 2. The smallest absolute Gasteiger partial charge is 0.322 e. The number of allylic oxidation sites excluding steroid dienone is 1. The van der Waals surface area contributed by atoms with E-state index < -0.39 is 5.95 Å². The van der Waals surface area contributed by atoms with E-state index in [-0.39, 0.29) is 0 Å². The van der Waals surface area contributed by atoms with Gasteiger partial charge in [0, 0.05) is 0 Å². The molecule has 0 rings (SSSR count). The predicted octanol–water partition coefficient (Wildman–Crippen LogP) is 1.12. The van der Waals surface area contributed by atoms with Gasteiger partial charge < -0.3 is 10.2 Å². The minimum Gasteiger partial charge on any atom is -0.475 e. The van der Waals surface area contributed by atoms with Crippen LogP contribution >= 0.6 is 0 Å². The molecule has 0 amide bonds. The van der Waals surface area contributed by atoms with E-state index in [1.165, 1.54) is 6.08 Å². The average Bonchev–Trinajstić information content (AvgIpc) is 1.35. The van der Waals surface area contributed by atoms with Crippen LogP contribution in [0.5, 0.6) is 0 Å². The maximum atomic E-state index is 7.88. The monoisotopic (exact) mass is 86.0 g/mol. The molecule has 0 aliphatic heterocycles. The van der Waals surface area contributed by atoms with Crippen molar-refractivity contribution >= 4 is 0 Å². The lowest BCUT2D eigenvalue weighted by Crippen LogP contribution is -1.66. The molecule has 0 unspecified atom stereocenters. The summed E-state index contributed by atoms with van der Waals surface area (Å²) in [4.78, 5) is 0. The van der Waals surface area contributed by atoms with Crippen molar-refractivity contribution in [1.29, 1.82) is 0 Å². The second-order valence-electron chi connectivity index (χ2n) is 0.757. The van der Waals surface area contributed by atoms with Gasteiger partial charge in [-0.1, -0.05) is 0 Å².